The van der Waals surface area contributed by atoms with Crippen molar-refractivity contribution in [2.75, 3.05) is 0 Å². The highest BCUT2D eigenvalue weighted by atomic mass is 16.5. The van der Waals surface area contributed by atoms with Gasteiger partial charge in [0.15, 0.2) is 5.76 Å². The zero-order valence-electron chi connectivity index (χ0n) is 5.11. The van der Waals surface area contributed by atoms with Crippen molar-refractivity contribution >= 4 is 6.34 Å². The lowest BCUT2D eigenvalue weighted by atomic mass is 10.4. The van der Waals surface area contributed by atoms with Crippen molar-refractivity contribution in [3.05, 3.63) is 18.5 Å². The number of rotatable bonds is 1. The van der Waals surface area contributed by atoms with E-state index in [1.807, 2.05) is 0 Å². The molecule has 0 unspecified atom stereocenters. The number of nitrogens with zero attached hydrogens (tertiary/aromatic N) is 2. The molecular formula is C6H5N3O. The molecule has 0 radical (unpaired) electrons. The topological polar surface area (TPSA) is 54.8 Å². The van der Waals surface area contributed by atoms with Gasteiger partial charge in [-0.05, 0) is 0 Å². The van der Waals surface area contributed by atoms with Crippen LogP contribution in [-0.4, -0.2) is 16.1 Å². The highest BCUT2D eigenvalue weighted by Gasteiger charge is 2.07. The van der Waals surface area contributed by atoms with Crippen molar-refractivity contribution in [3.8, 4) is 11.5 Å². The minimum atomic E-state index is 0.712. The molecule has 2 aliphatic heterocycles. The standard InChI is InChI=1S/C6H5N3O/c7-4-9-3-5-6(10-9)1-2-8-5/h1-4,7H. The first-order valence-corrected chi connectivity index (χ1v) is 2.83. The summed E-state index contributed by atoms with van der Waals surface area (Å²) in [6, 6.07) is 1.76. The van der Waals surface area contributed by atoms with Crippen LogP contribution in [0.5, 0.6) is 0 Å². The predicted molar refractivity (Wildman–Crippen MR) is 35.3 cm³/mol. The van der Waals surface area contributed by atoms with Gasteiger partial charge >= 0.3 is 0 Å². The molecule has 0 fully saturated rings. The molecule has 0 bridgehead atoms. The normalized spacial score (nSPS) is 10.4. The van der Waals surface area contributed by atoms with Gasteiger partial charge in [0.2, 0.25) is 0 Å². The summed E-state index contributed by atoms with van der Waals surface area (Å²) < 4.78 is 6.37. The van der Waals surface area contributed by atoms with Crippen molar-refractivity contribution < 1.29 is 4.52 Å². The molecule has 0 aromatic carbocycles. The van der Waals surface area contributed by atoms with E-state index in [0.717, 1.165) is 12.0 Å². The molecule has 0 saturated heterocycles. The van der Waals surface area contributed by atoms with Gasteiger partial charge in [-0.25, -0.2) is 0 Å². The average molecular weight is 135 g/mol. The molecule has 0 spiro atoms. The number of hydrogen-bond acceptors (Lipinski definition) is 3. The van der Waals surface area contributed by atoms with E-state index in [4.69, 9.17) is 9.93 Å². The van der Waals surface area contributed by atoms with Crippen LogP contribution in [0.4, 0.5) is 0 Å². The van der Waals surface area contributed by atoms with E-state index >= 15 is 0 Å². The summed E-state index contributed by atoms with van der Waals surface area (Å²) in [5, 5.41) is 6.83. The Morgan fingerprint density at radius 2 is 2.60 bits per heavy atom. The van der Waals surface area contributed by atoms with Gasteiger partial charge in [-0.15, -0.1) is 0 Å². The number of fused-ring (bicyclic) bond motifs is 1. The molecule has 10 heavy (non-hydrogen) atoms. The molecule has 50 valence electrons. The van der Waals surface area contributed by atoms with Gasteiger partial charge in [-0.3, -0.25) is 10.4 Å². The molecule has 2 rings (SSSR count). The maximum Gasteiger partial charge on any atom is 0.184 e. The summed E-state index contributed by atoms with van der Waals surface area (Å²) in [5.41, 5.74) is 0.781. The third kappa shape index (κ3) is 0.556. The van der Waals surface area contributed by atoms with Crippen LogP contribution in [0.3, 0.4) is 0 Å². The van der Waals surface area contributed by atoms with Crippen LogP contribution in [0.15, 0.2) is 23.0 Å². The molecule has 2 aliphatic rings. The minimum Gasteiger partial charge on any atom is -0.372 e. The first-order valence-electron chi connectivity index (χ1n) is 2.83. The monoisotopic (exact) mass is 135 g/mol. The van der Waals surface area contributed by atoms with Gasteiger partial charge in [-0.2, -0.15) is 4.74 Å². The summed E-state index contributed by atoms with van der Waals surface area (Å²) in [7, 11) is 0. The van der Waals surface area contributed by atoms with Crippen LogP contribution >= 0.6 is 0 Å². The second kappa shape index (κ2) is 1.70. The van der Waals surface area contributed by atoms with Crippen LogP contribution in [-0.2, 0) is 0 Å². The zero-order chi connectivity index (χ0) is 6.97. The molecule has 0 amide bonds. The molecule has 4 heteroatoms. The van der Waals surface area contributed by atoms with Crippen molar-refractivity contribution in [2.45, 2.75) is 0 Å². The number of nitrogens with one attached hydrogen (secondary N) is 1. The summed E-state index contributed by atoms with van der Waals surface area (Å²) in [6.07, 6.45) is 4.41. The third-order valence-electron chi connectivity index (χ3n) is 1.27. The van der Waals surface area contributed by atoms with E-state index in [2.05, 4.69) is 4.98 Å². The summed E-state index contributed by atoms with van der Waals surface area (Å²) >= 11 is 0. The van der Waals surface area contributed by atoms with Crippen LogP contribution in [0, 0.1) is 5.41 Å². The Morgan fingerprint density at radius 1 is 1.70 bits per heavy atom. The maximum atomic E-state index is 6.83. The molecule has 0 aliphatic carbocycles. The quantitative estimate of drug-likeness (QED) is 0.469. The summed E-state index contributed by atoms with van der Waals surface area (Å²) in [4.78, 5) is 3.97. The van der Waals surface area contributed by atoms with Gasteiger partial charge in [0.25, 0.3) is 0 Å². The van der Waals surface area contributed by atoms with Gasteiger partial charge in [0.05, 0.1) is 6.20 Å². The van der Waals surface area contributed by atoms with E-state index in [1.165, 1.54) is 4.74 Å². The lowest BCUT2D eigenvalue weighted by Gasteiger charge is -1.81. The Bertz CT molecular complexity index is 296. The van der Waals surface area contributed by atoms with Crippen molar-refractivity contribution in [1.82, 2.24) is 9.72 Å². The number of aromatic nitrogens is 2. The molecule has 4 nitrogen and oxygen atoms in total. The Morgan fingerprint density at radius 3 is 3.30 bits per heavy atom. The highest BCUT2D eigenvalue weighted by molar-refractivity contribution is 5.59. The highest BCUT2D eigenvalue weighted by Crippen LogP contribution is 2.18. The van der Waals surface area contributed by atoms with Crippen LogP contribution in [0.2, 0.25) is 0 Å². The maximum absolute atomic E-state index is 6.83. The second-order valence-electron chi connectivity index (χ2n) is 1.90. The van der Waals surface area contributed by atoms with Gasteiger partial charge in [0.1, 0.15) is 12.0 Å². The Kier molecular flexibility index (Phi) is 0.887. The fourth-order valence-corrected chi connectivity index (χ4v) is 0.832. The zero-order valence-corrected chi connectivity index (χ0v) is 5.11. The first kappa shape index (κ1) is 5.22. The Hall–Kier alpha value is -1.58. The van der Waals surface area contributed by atoms with Crippen molar-refractivity contribution in [3.63, 3.8) is 0 Å². The molecular weight excluding hydrogens is 130 g/mol. The van der Waals surface area contributed by atoms with Crippen LogP contribution in [0.1, 0.15) is 0 Å². The van der Waals surface area contributed by atoms with Gasteiger partial charge in [0, 0.05) is 12.3 Å². The largest absolute Gasteiger partial charge is 0.372 e. The Balaban J connectivity index is 2.67. The first-order chi connectivity index (χ1) is 4.90. The van der Waals surface area contributed by atoms with Crippen molar-refractivity contribution in [2.24, 2.45) is 0 Å². The van der Waals surface area contributed by atoms with Crippen LogP contribution in [0.25, 0.3) is 11.5 Å². The molecule has 1 N–H and O–H groups in total. The predicted octanol–water partition coefficient (Wildman–Crippen LogP) is 1.04. The van der Waals surface area contributed by atoms with E-state index in [9.17, 15) is 0 Å². The van der Waals surface area contributed by atoms with E-state index < -0.39 is 0 Å². The lowest BCUT2D eigenvalue weighted by molar-refractivity contribution is 0.383. The molecule has 0 saturated carbocycles. The minimum absolute atomic E-state index is 0.712. The van der Waals surface area contributed by atoms with E-state index in [-0.39, 0.29) is 0 Å². The third-order valence-corrected chi connectivity index (χ3v) is 1.27. The SMILES string of the molecule is N=Cn1cc2nccc-2o1. The fourth-order valence-electron chi connectivity index (χ4n) is 0.832. The van der Waals surface area contributed by atoms with Crippen molar-refractivity contribution in [1.29, 1.82) is 5.41 Å². The molecule has 0 aromatic heterocycles. The van der Waals surface area contributed by atoms with E-state index in [0.29, 0.717) is 5.76 Å². The van der Waals surface area contributed by atoms with E-state index in [1.54, 1.807) is 18.5 Å². The molecule has 0 aromatic rings. The molecule has 0 atom stereocenters. The Labute approximate surface area is 56.9 Å². The molecule has 2 heterocycles. The summed E-state index contributed by atoms with van der Waals surface area (Å²) in [6.45, 7) is 0. The van der Waals surface area contributed by atoms with Gasteiger partial charge in [-0.1, -0.05) is 0 Å². The average Bonchev–Trinajstić information content (AvgIpc) is 2.42. The smallest absolute Gasteiger partial charge is 0.184 e. The lowest BCUT2D eigenvalue weighted by Crippen LogP contribution is -1.85. The van der Waals surface area contributed by atoms with Gasteiger partial charge < -0.3 is 4.52 Å². The fraction of sp³-hybridized carbons (Fsp3) is 0. The summed E-state index contributed by atoms with van der Waals surface area (Å²) in [5.74, 6) is 0.712. The number of hydrogen-bond donors (Lipinski definition) is 1. The second-order valence-corrected chi connectivity index (χ2v) is 1.90. The van der Waals surface area contributed by atoms with Crippen LogP contribution < -0.4 is 0 Å².